The van der Waals surface area contributed by atoms with Crippen molar-refractivity contribution in [3.8, 4) is 11.6 Å². The lowest BCUT2D eigenvalue weighted by atomic mass is 9.94. The first kappa shape index (κ1) is 23.0. The van der Waals surface area contributed by atoms with E-state index in [9.17, 15) is 9.59 Å². The molecule has 1 aromatic heterocycles. The van der Waals surface area contributed by atoms with E-state index in [2.05, 4.69) is 9.97 Å². The molecule has 7 heteroatoms. The second kappa shape index (κ2) is 10.3. The highest BCUT2D eigenvalue weighted by atomic mass is 16.5. The summed E-state index contributed by atoms with van der Waals surface area (Å²) in [5.74, 6) is 1.47. The Kier molecular flexibility index (Phi) is 6.75. The Labute approximate surface area is 205 Å². The summed E-state index contributed by atoms with van der Waals surface area (Å²) in [4.78, 5) is 38.3. The molecule has 0 radical (unpaired) electrons. The number of piperidine rings is 1. The van der Waals surface area contributed by atoms with Crippen molar-refractivity contribution >= 4 is 11.8 Å². The summed E-state index contributed by atoms with van der Waals surface area (Å²) >= 11 is 0. The maximum atomic E-state index is 13.4. The number of hydrogen-bond acceptors (Lipinski definition) is 5. The number of aromatic nitrogens is 2. The number of rotatable bonds is 6. The Morgan fingerprint density at radius 2 is 1.91 bits per heavy atom. The van der Waals surface area contributed by atoms with Crippen LogP contribution in [0.3, 0.4) is 0 Å². The van der Waals surface area contributed by atoms with Gasteiger partial charge < -0.3 is 14.5 Å². The molecule has 2 aliphatic heterocycles. The van der Waals surface area contributed by atoms with E-state index in [0.717, 1.165) is 48.4 Å². The van der Waals surface area contributed by atoms with Crippen LogP contribution in [0, 0.1) is 6.92 Å². The van der Waals surface area contributed by atoms with Crippen molar-refractivity contribution in [2.45, 2.75) is 45.1 Å². The van der Waals surface area contributed by atoms with E-state index in [-0.39, 0.29) is 17.7 Å². The number of carbonyl (C=O) groups excluding carboxylic acids is 2. The molecular weight excluding hydrogens is 440 g/mol. The summed E-state index contributed by atoms with van der Waals surface area (Å²) in [5, 5.41) is 0. The third kappa shape index (κ3) is 5.34. The monoisotopic (exact) mass is 470 g/mol. The van der Waals surface area contributed by atoms with Crippen LogP contribution >= 0.6 is 0 Å². The lowest BCUT2D eigenvalue weighted by molar-refractivity contribution is -0.128. The van der Waals surface area contributed by atoms with Crippen molar-refractivity contribution < 1.29 is 14.3 Å². The molecule has 5 rings (SSSR count). The third-order valence-electron chi connectivity index (χ3n) is 6.71. The van der Waals surface area contributed by atoms with E-state index in [1.807, 2.05) is 65.3 Å². The molecule has 1 atom stereocenters. The van der Waals surface area contributed by atoms with Gasteiger partial charge in [0.25, 0.3) is 5.91 Å². The Balaban J connectivity index is 1.30. The summed E-state index contributed by atoms with van der Waals surface area (Å²) < 4.78 is 6.10. The maximum absolute atomic E-state index is 13.4. The summed E-state index contributed by atoms with van der Waals surface area (Å²) in [6.07, 6.45) is 6.65. The van der Waals surface area contributed by atoms with E-state index in [1.165, 1.54) is 0 Å². The van der Waals surface area contributed by atoms with Gasteiger partial charge in [0, 0.05) is 56.5 Å². The SMILES string of the molecule is Cc1cccc(Oc2nccnc2[C@H]2CCCN(C(=O)c3cccc(CN4CCCC4=O)c3)C2)c1. The van der Waals surface area contributed by atoms with Crippen LogP contribution in [0.1, 0.15) is 58.8 Å². The molecule has 7 nitrogen and oxygen atoms in total. The second-order valence-electron chi connectivity index (χ2n) is 9.37. The largest absolute Gasteiger partial charge is 0.437 e. The predicted octanol–water partition coefficient (Wildman–Crippen LogP) is 4.72. The zero-order chi connectivity index (χ0) is 24.2. The first-order valence-corrected chi connectivity index (χ1v) is 12.3. The van der Waals surface area contributed by atoms with Crippen LogP contribution < -0.4 is 4.74 Å². The van der Waals surface area contributed by atoms with Gasteiger partial charge in [-0.3, -0.25) is 14.6 Å². The molecule has 0 spiro atoms. The average molecular weight is 471 g/mol. The van der Waals surface area contributed by atoms with Crippen LogP contribution in [0.15, 0.2) is 60.9 Å². The summed E-state index contributed by atoms with van der Waals surface area (Å²) in [7, 11) is 0. The van der Waals surface area contributed by atoms with Gasteiger partial charge in [-0.2, -0.15) is 0 Å². The van der Waals surface area contributed by atoms with E-state index in [0.29, 0.717) is 37.5 Å². The highest BCUT2D eigenvalue weighted by Crippen LogP contribution is 2.33. The Hall–Kier alpha value is -3.74. The van der Waals surface area contributed by atoms with Gasteiger partial charge in [0.05, 0.1) is 0 Å². The van der Waals surface area contributed by atoms with Crippen LogP contribution in [-0.4, -0.2) is 51.2 Å². The van der Waals surface area contributed by atoms with Gasteiger partial charge in [-0.25, -0.2) is 4.98 Å². The molecule has 180 valence electrons. The molecule has 2 aromatic carbocycles. The molecule has 0 aliphatic carbocycles. The lowest BCUT2D eigenvalue weighted by Crippen LogP contribution is -2.39. The number of hydrogen-bond donors (Lipinski definition) is 0. The highest BCUT2D eigenvalue weighted by Gasteiger charge is 2.29. The fraction of sp³-hybridized carbons (Fsp3) is 0.357. The number of amides is 2. The number of aryl methyl sites for hydroxylation is 1. The fourth-order valence-corrected chi connectivity index (χ4v) is 4.95. The molecular formula is C28H30N4O3. The van der Waals surface area contributed by atoms with Gasteiger partial charge in [0.1, 0.15) is 11.4 Å². The maximum Gasteiger partial charge on any atom is 0.253 e. The summed E-state index contributed by atoms with van der Waals surface area (Å²) in [6.45, 7) is 4.64. The normalized spacial score (nSPS) is 18.1. The van der Waals surface area contributed by atoms with Crippen LogP contribution in [0.25, 0.3) is 0 Å². The molecule has 2 amide bonds. The van der Waals surface area contributed by atoms with Crippen molar-refractivity contribution in [3.63, 3.8) is 0 Å². The smallest absolute Gasteiger partial charge is 0.253 e. The van der Waals surface area contributed by atoms with Crippen LogP contribution in [0.2, 0.25) is 0 Å². The van der Waals surface area contributed by atoms with Gasteiger partial charge in [0.2, 0.25) is 11.8 Å². The molecule has 0 N–H and O–H groups in total. The average Bonchev–Trinajstić information content (AvgIpc) is 3.28. The molecule has 0 unspecified atom stereocenters. The zero-order valence-electron chi connectivity index (χ0n) is 20.0. The number of ether oxygens (including phenoxy) is 1. The minimum absolute atomic E-state index is 0.00865. The van der Waals surface area contributed by atoms with E-state index >= 15 is 0 Å². The van der Waals surface area contributed by atoms with Gasteiger partial charge in [-0.1, -0.05) is 24.3 Å². The summed E-state index contributed by atoms with van der Waals surface area (Å²) in [6, 6.07) is 15.5. The molecule has 3 heterocycles. The van der Waals surface area contributed by atoms with Crippen molar-refractivity contribution in [1.82, 2.24) is 19.8 Å². The van der Waals surface area contributed by atoms with Gasteiger partial charge in [0.15, 0.2) is 0 Å². The minimum Gasteiger partial charge on any atom is -0.437 e. The zero-order valence-corrected chi connectivity index (χ0v) is 20.0. The van der Waals surface area contributed by atoms with E-state index in [1.54, 1.807) is 12.4 Å². The quantitative estimate of drug-likeness (QED) is 0.521. The predicted molar refractivity (Wildman–Crippen MR) is 132 cm³/mol. The number of likely N-dealkylation sites (tertiary alicyclic amines) is 2. The van der Waals surface area contributed by atoms with Gasteiger partial charge in [-0.05, 0) is 61.6 Å². The number of benzene rings is 2. The second-order valence-corrected chi connectivity index (χ2v) is 9.37. The van der Waals surface area contributed by atoms with Crippen LogP contribution in [-0.2, 0) is 11.3 Å². The van der Waals surface area contributed by atoms with Crippen molar-refractivity contribution in [1.29, 1.82) is 0 Å². The van der Waals surface area contributed by atoms with Gasteiger partial charge in [-0.15, -0.1) is 0 Å². The van der Waals surface area contributed by atoms with Crippen molar-refractivity contribution in [2.75, 3.05) is 19.6 Å². The molecule has 0 bridgehead atoms. The standard InChI is InChI=1S/C28H30N4O3/c1-20-6-2-10-24(16-20)35-27-26(29-12-13-30-27)23-9-4-15-32(19-23)28(34)22-8-3-7-21(17-22)18-31-14-5-11-25(31)33/h2-3,6-8,10,12-13,16-17,23H,4-5,9,11,14-15,18-19H2,1H3/t23-/m0/s1. The van der Waals surface area contributed by atoms with E-state index in [4.69, 9.17) is 4.74 Å². The summed E-state index contributed by atoms with van der Waals surface area (Å²) in [5.41, 5.74) is 3.54. The topological polar surface area (TPSA) is 75.6 Å². The number of nitrogens with zero attached hydrogens (tertiary/aromatic N) is 4. The molecule has 35 heavy (non-hydrogen) atoms. The molecule has 2 fully saturated rings. The van der Waals surface area contributed by atoms with Gasteiger partial charge >= 0.3 is 0 Å². The highest BCUT2D eigenvalue weighted by molar-refractivity contribution is 5.94. The van der Waals surface area contributed by atoms with Crippen molar-refractivity contribution in [3.05, 3.63) is 83.3 Å². The Morgan fingerprint density at radius 1 is 1.06 bits per heavy atom. The lowest BCUT2D eigenvalue weighted by Gasteiger charge is -2.33. The van der Waals surface area contributed by atoms with Crippen LogP contribution in [0.5, 0.6) is 11.6 Å². The Morgan fingerprint density at radius 3 is 2.74 bits per heavy atom. The number of carbonyl (C=O) groups is 2. The van der Waals surface area contributed by atoms with Crippen molar-refractivity contribution in [2.24, 2.45) is 0 Å². The first-order chi connectivity index (χ1) is 17.1. The molecule has 2 aliphatic rings. The molecule has 3 aromatic rings. The first-order valence-electron chi connectivity index (χ1n) is 12.3. The molecule has 0 saturated carbocycles. The van der Waals surface area contributed by atoms with Crippen LogP contribution in [0.4, 0.5) is 0 Å². The Bertz CT molecular complexity index is 1230. The minimum atomic E-state index is 0.00865. The van der Waals surface area contributed by atoms with E-state index < -0.39 is 0 Å². The third-order valence-corrected chi connectivity index (χ3v) is 6.71. The fourth-order valence-electron chi connectivity index (χ4n) is 4.95. The molecule has 2 saturated heterocycles.